The molecule has 2 rings (SSSR count). The summed E-state index contributed by atoms with van der Waals surface area (Å²) in [6.45, 7) is 8.09. The summed E-state index contributed by atoms with van der Waals surface area (Å²) < 4.78 is 5.41. The molecule has 1 amide bonds. The number of carbonyl (C=O) groups excluding carboxylic acids is 1. The van der Waals surface area contributed by atoms with Crippen LogP contribution in [0.4, 0.5) is 4.79 Å². The summed E-state index contributed by atoms with van der Waals surface area (Å²) in [4.78, 5) is 14.0. The summed E-state index contributed by atoms with van der Waals surface area (Å²) in [7, 11) is 0. The minimum Gasteiger partial charge on any atom is -0.445 e. The standard InChI is InChI=1S/C17H22BrNO2/c1-3-15-10-19(11-16(15)13(2)9-18)17(20)21-12-14-7-5-4-6-8-14/h4-8,15-16H,2-3,9-12H2,1H3/t15-,16+/m1/s1. The van der Waals surface area contributed by atoms with Crippen LogP contribution in [0.5, 0.6) is 0 Å². The number of amides is 1. The molecule has 2 atom stereocenters. The van der Waals surface area contributed by atoms with Gasteiger partial charge in [0.25, 0.3) is 0 Å². The van der Waals surface area contributed by atoms with Gasteiger partial charge in [-0.05, 0) is 11.5 Å². The highest BCUT2D eigenvalue weighted by atomic mass is 79.9. The summed E-state index contributed by atoms with van der Waals surface area (Å²) >= 11 is 3.47. The minimum atomic E-state index is -0.220. The molecule has 114 valence electrons. The lowest BCUT2D eigenvalue weighted by Crippen LogP contribution is -2.29. The number of rotatable bonds is 5. The highest BCUT2D eigenvalue weighted by molar-refractivity contribution is 9.09. The Hall–Kier alpha value is -1.29. The third kappa shape index (κ3) is 4.10. The van der Waals surface area contributed by atoms with Crippen LogP contribution in [0.2, 0.25) is 0 Å². The van der Waals surface area contributed by atoms with Crippen molar-refractivity contribution in [3.05, 3.63) is 48.0 Å². The van der Waals surface area contributed by atoms with Gasteiger partial charge < -0.3 is 9.64 Å². The van der Waals surface area contributed by atoms with Crippen molar-refractivity contribution >= 4 is 22.0 Å². The quantitative estimate of drug-likeness (QED) is 0.586. The second-order valence-corrected chi connectivity index (χ2v) is 6.07. The molecule has 1 heterocycles. The predicted molar refractivity (Wildman–Crippen MR) is 88.4 cm³/mol. The van der Waals surface area contributed by atoms with Gasteiger partial charge in [0.05, 0.1) is 0 Å². The lowest BCUT2D eigenvalue weighted by molar-refractivity contribution is 0.102. The summed E-state index contributed by atoms with van der Waals surface area (Å²) in [5, 5.41) is 0.793. The molecular weight excluding hydrogens is 330 g/mol. The first-order chi connectivity index (χ1) is 10.2. The van der Waals surface area contributed by atoms with E-state index in [1.807, 2.05) is 35.2 Å². The lowest BCUT2D eigenvalue weighted by atomic mass is 9.89. The Morgan fingerprint density at radius 1 is 1.38 bits per heavy atom. The van der Waals surface area contributed by atoms with Crippen LogP contribution >= 0.6 is 15.9 Å². The Balaban J connectivity index is 1.90. The van der Waals surface area contributed by atoms with Gasteiger partial charge in [-0.2, -0.15) is 0 Å². The molecule has 0 aliphatic carbocycles. The highest BCUT2D eigenvalue weighted by Crippen LogP contribution is 2.32. The van der Waals surface area contributed by atoms with Gasteiger partial charge in [-0.25, -0.2) is 4.79 Å². The summed E-state index contributed by atoms with van der Waals surface area (Å²) in [6, 6.07) is 9.77. The van der Waals surface area contributed by atoms with Gasteiger partial charge >= 0.3 is 6.09 Å². The number of benzene rings is 1. The van der Waals surface area contributed by atoms with Gasteiger partial charge in [0.2, 0.25) is 0 Å². The fourth-order valence-corrected chi connectivity index (χ4v) is 3.22. The van der Waals surface area contributed by atoms with Crippen molar-refractivity contribution in [2.24, 2.45) is 11.8 Å². The van der Waals surface area contributed by atoms with E-state index in [1.165, 1.54) is 5.57 Å². The van der Waals surface area contributed by atoms with Crippen LogP contribution < -0.4 is 0 Å². The third-order valence-electron chi connectivity index (χ3n) is 4.12. The van der Waals surface area contributed by atoms with E-state index in [4.69, 9.17) is 4.74 Å². The zero-order valence-electron chi connectivity index (χ0n) is 12.4. The molecule has 0 bridgehead atoms. The third-order valence-corrected chi connectivity index (χ3v) is 4.84. The molecular formula is C17H22BrNO2. The summed E-state index contributed by atoms with van der Waals surface area (Å²) in [5.41, 5.74) is 2.18. The zero-order chi connectivity index (χ0) is 15.2. The van der Waals surface area contributed by atoms with Crippen LogP contribution in [0, 0.1) is 11.8 Å². The van der Waals surface area contributed by atoms with Crippen molar-refractivity contribution in [1.29, 1.82) is 0 Å². The average molecular weight is 352 g/mol. The second kappa shape index (κ2) is 7.64. The Labute approximate surface area is 135 Å². The molecule has 0 saturated carbocycles. The maximum atomic E-state index is 12.2. The normalized spacial score (nSPS) is 21.3. The molecule has 3 nitrogen and oxygen atoms in total. The second-order valence-electron chi connectivity index (χ2n) is 5.51. The van der Waals surface area contributed by atoms with Crippen LogP contribution in [0.15, 0.2) is 42.5 Å². The topological polar surface area (TPSA) is 29.5 Å². The van der Waals surface area contributed by atoms with Crippen LogP contribution in [-0.2, 0) is 11.3 Å². The lowest BCUT2D eigenvalue weighted by Gasteiger charge is -2.17. The fourth-order valence-electron chi connectivity index (χ4n) is 2.81. The Morgan fingerprint density at radius 2 is 2.10 bits per heavy atom. The smallest absolute Gasteiger partial charge is 0.410 e. The first-order valence-corrected chi connectivity index (χ1v) is 8.47. The maximum Gasteiger partial charge on any atom is 0.410 e. The molecule has 0 aromatic heterocycles. The molecule has 1 aliphatic rings. The molecule has 1 fully saturated rings. The van der Waals surface area contributed by atoms with Crippen LogP contribution in [0.3, 0.4) is 0 Å². The Bertz CT molecular complexity index is 489. The largest absolute Gasteiger partial charge is 0.445 e. The minimum absolute atomic E-state index is 0.220. The van der Waals surface area contributed by atoms with E-state index in [1.54, 1.807) is 0 Å². The molecule has 0 radical (unpaired) electrons. The number of ether oxygens (including phenoxy) is 1. The Kier molecular flexibility index (Phi) is 5.85. The molecule has 0 spiro atoms. The van der Waals surface area contributed by atoms with E-state index in [0.29, 0.717) is 18.4 Å². The number of carbonyl (C=O) groups is 1. The molecule has 4 heteroatoms. The SMILES string of the molecule is C=C(CBr)[C@@H]1CN(C(=O)OCc2ccccc2)C[C@H]1CC. The number of likely N-dealkylation sites (tertiary alicyclic amines) is 1. The molecule has 0 unspecified atom stereocenters. The van der Waals surface area contributed by atoms with Crippen molar-refractivity contribution in [3.8, 4) is 0 Å². The number of halogens is 1. The monoisotopic (exact) mass is 351 g/mol. The molecule has 0 N–H and O–H groups in total. The van der Waals surface area contributed by atoms with Gasteiger partial charge in [-0.15, -0.1) is 0 Å². The first-order valence-electron chi connectivity index (χ1n) is 7.35. The van der Waals surface area contributed by atoms with E-state index < -0.39 is 0 Å². The van der Waals surface area contributed by atoms with E-state index in [9.17, 15) is 4.79 Å². The number of nitrogens with zero attached hydrogens (tertiary/aromatic N) is 1. The molecule has 1 aromatic rings. The van der Waals surface area contributed by atoms with Gasteiger partial charge in [0, 0.05) is 24.3 Å². The van der Waals surface area contributed by atoms with Crippen molar-refractivity contribution in [1.82, 2.24) is 4.90 Å². The summed E-state index contributed by atoms with van der Waals surface area (Å²) in [5.74, 6) is 0.859. The van der Waals surface area contributed by atoms with E-state index in [2.05, 4.69) is 29.4 Å². The van der Waals surface area contributed by atoms with Gasteiger partial charge in [-0.3, -0.25) is 0 Å². The van der Waals surface area contributed by atoms with Gasteiger partial charge in [0.1, 0.15) is 6.61 Å². The fraction of sp³-hybridized carbons (Fsp3) is 0.471. The van der Waals surface area contributed by atoms with Crippen LogP contribution in [0.1, 0.15) is 18.9 Å². The molecule has 21 heavy (non-hydrogen) atoms. The van der Waals surface area contributed by atoms with Crippen molar-refractivity contribution < 1.29 is 9.53 Å². The predicted octanol–water partition coefficient (Wildman–Crippen LogP) is 4.23. The zero-order valence-corrected chi connectivity index (χ0v) is 14.0. The van der Waals surface area contributed by atoms with Crippen LogP contribution in [-0.4, -0.2) is 29.4 Å². The molecule has 1 saturated heterocycles. The highest BCUT2D eigenvalue weighted by Gasteiger charge is 2.35. The van der Waals surface area contributed by atoms with Gasteiger partial charge in [-0.1, -0.05) is 71.8 Å². The average Bonchev–Trinajstić information content (AvgIpc) is 2.97. The van der Waals surface area contributed by atoms with E-state index >= 15 is 0 Å². The maximum absolute atomic E-state index is 12.2. The molecule has 1 aromatic carbocycles. The number of alkyl halides is 1. The van der Waals surface area contributed by atoms with Crippen molar-refractivity contribution in [3.63, 3.8) is 0 Å². The van der Waals surface area contributed by atoms with E-state index in [-0.39, 0.29) is 6.09 Å². The van der Waals surface area contributed by atoms with Crippen molar-refractivity contribution in [2.45, 2.75) is 20.0 Å². The Morgan fingerprint density at radius 3 is 2.71 bits per heavy atom. The number of hydrogen-bond acceptors (Lipinski definition) is 2. The first kappa shape index (κ1) is 16.1. The van der Waals surface area contributed by atoms with E-state index in [0.717, 1.165) is 30.4 Å². The summed E-state index contributed by atoms with van der Waals surface area (Å²) in [6.07, 6.45) is 0.835. The van der Waals surface area contributed by atoms with Crippen LogP contribution in [0.25, 0.3) is 0 Å². The van der Waals surface area contributed by atoms with Gasteiger partial charge in [0.15, 0.2) is 0 Å². The molecule has 1 aliphatic heterocycles. The number of hydrogen-bond donors (Lipinski definition) is 0. The van der Waals surface area contributed by atoms with Crippen molar-refractivity contribution in [2.75, 3.05) is 18.4 Å².